The van der Waals surface area contributed by atoms with E-state index in [-0.39, 0.29) is 18.2 Å². The number of amides is 1. The van der Waals surface area contributed by atoms with Gasteiger partial charge in [0.2, 0.25) is 5.91 Å². The lowest BCUT2D eigenvalue weighted by molar-refractivity contribution is -0.140. The minimum absolute atomic E-state index is 0.00770. The predicted molar refractivity (Wildman–Crippen MR) is 175 cm³/mol. The first-order valence-corrected chi connectivity index (χ1v) is 15.4. The Morgan fingerprint density at radius 1 is 0.884 bits per heavy atom. The van der Waals surface area contributed by atoms with Gasteiger partial charge >= 0.3 is 5.97 Å². The summed E-state index contributed by atoms with van der Waals surface area (Å²) in [5.74, 6) is -0.584. The van der Waals surface area contributed by atoms with Crippen LogP contribution in [0.1, 0.15) is 17.5 Å². The maximum Gasteiger partial charge on any atom is 0.327 e. The van der Waals surface area contributed by atoms with Gasteiger partial charge in [-0.1, -0.05) is 103 Å². The van der Waals surface area contributed by atoms with Crippen molar-refractivity contribution in [3.8, 4) is 0 Å². The van der Waals surface area contributed by atoms with Crippen LogP contribution in [-0.2, 0) is 15.0 Å². The van der Waals surface area contributed by atoms with Crippen LogP contribution < -0.4 is 10.6 Å². The molecule has 3 N–H and O–H groups in total. The number of thioether (sulfide) groups is 1. The van der Waals surface area contributed by atoms with E-state index in [9.17, 15) is 14.7 Å². The van der Waals surface area contributed by atoms with Crippen LogP contribution in [0, 0.1) is 0 Å². The number of carbonyl (C=O) groups is 2. The van der Waals surface area contributed by atoms with Crippen LogP contribution in [-0.4, -0.2) is 41.1 Å². The van der Waals surface area contributed by atoms with E-state index in [1.54, 1.807) is 0 Å². The van der Waals surface area contributed by atoms with Crippen LogP contribution in [0.15, 0.2) is 126 Å². The highest BCUT2D eigenvalue weighted by atomic mass is 32.2. The van der Waals surface area contributed by atoms with E-state index in [1.165, 1.54) is 11.8 Å². The molecular weight excluding hydrogens is 556 g/mol. The SMILES string of the molecule is O=C(CNc1ccccc1)N[C@@H](CSCC1(c2cccc3c2oc2ccccc23)C=CC(c2ccccc2)=CC1)C(=O)O. The van der Waals surface area contributed by atoms with E-state index < -0.39 is 17.4 Å². The van der Waals surface area contributed by atoms with Gasteiger partial charge in [0.25, 0.3) is 0 Å². The van der Waals surface area contributed by atoms with Crippen LogP contribution in [0.2, 0.25) is 0 Å². The summed E-state index contributed by atoms with van der Waals surface area (Å²) in [4.78, 5) is 24.7. The first kappa shape index (κ1) is 28.4. The molecule has 0 saturated heterocycles. The highest BCUT2D eigenvalue weighted by Crippen LogP contribution is 2.44. The number of fused-ring (bicyclic) bond motifs is 3. The van der Waals surface area contributed by atoms with Crippen molar-refractivity contribution in [1.82, 2.24) is 5.32 Å². The summed E-state index contributed by atoms with van der Waals surface area (Å²) in [6.45, 7) is -0.00770. The number of nitrogens with one attached hydrogen (secondary N) is 2. The summed E-state index contributed by atoms with van der Waals surface area (Å²) in [6.07, 6.45) is 7.38. The number of anilines is 1. The van der Waals surface area contributed by atoms with Crippen molar-refractivity contribution in [3.63, 3.8) is 0 Å². The highest BCUT2D eigenvalue weighted by Gasteiger charge is 2.34. The predicted octanol–water partition coefficient (Wildman–Crippen LogP) is 7.28. The van der Waals surface area contributed by atoms with Gasteiger partial charge in [0.05, 0.1) is 6.54 Å². The number of furan rings is 1. The molecule has 0 radical (unpaired) electrons. The second-order valence-corrected chi connectivity index (χ2v) is 11.7. The summed E-state index contributed by atoms with van der Waals surface area (Å²) < 4.78 is 6.43. The van der Waals surface area contributed by atoms with E-state index in [0.29, 0.717) is 5.75 Å². The van der Waals surface area contributed by atoms with Crippen LogP contribution in [0.3, 0.4) is 0 Å². The summed E-state index contributed by atoms with van der Waals surface area (Å²) in [7, 11) is 0. The molecule has 4 aromatic carbocycles. The molecule has 0 saturated carbocycles. The lowest BCUT2D eigenvalue weighted by Crippen LogP contribution is -2.45. The summed E-state index contributed by atoms with van der Waals surface area (Å²) in [6, 6.07) is 32.9. The van der Waals surface area contributed by atoms with Crippen molar-refractivity contribution in [1.29, 1.82) is 0 Å². The standard InChI is InChI=1S/C36H32N2O4S/c39-33(22-37-27-12-5-2-6-13-27)38-31(35(40)41)23-43-24-36(20-18-26(19-21-36)25-10-3-1-4-11-25)30-16-9-15-29-28-14-7-8-17-32(28)42-34(29)30/h1-20,31,37H,21-24H2,(H,38,39)(H,40,41)/t31-,36?/m0/s1. The van der Waals surface area contributed by atoms with E-state index in [4.69, 9.17) is 4.42 Å². The molecule has 0 spiro atoms. The van der Waals surface area contributed by atoms with Crippen LogP contribution in [0.25, 0.3) is 27.5 Å². The third-order valence-corrected chi connectivity index (χ3v) is 9.11. The minimum atomic E-state index is -1.06. The third kappa shape index (κ3) is 6.22. The van der Waals surface area contributed by atoms with Gasteiger partial charge in [0, 0.05) is 38.9 Å². The van der Waals surface area contributed by atoms with Crippen LogP contribution in [0.4, 0.5) is 5.69 Å². The Bertz CT molecular complexity index is 1810. The van der Waals surface area contributed by atoms with E-state index in [2.05, 4.69) is 65.3 Å². The third-order valence-electron chi connectivity index (χ3n) is 7.82. The molecule has 6 rings (SSSR count). The molecule has 216 valence electrons. The highest BCUT2D eigenvalue weighted by molar-refractivity contribution is 7.99. The normalized spacial score (nSPS) is 17.0. The molecule has 43 heavy (non-hydrogen) atoms. The van der Waals surface area contributed by atoms with Gasteiger partial charge < -0.3 is 20.2 Å². The number of allylic oxidation sites excluding steroid dienone is 4. The first-order valence-electron chi connectivity index (χ1n) is 14.3. The number of aliphatic carboxylic acids is 1. The fourth-order valence-electron chi connectivity index (χ4n) is 5.56. The Morgan fingerprint density at radius 3 is 2.35 bits per heavy atom. The fourth-order valence-corrected chi connectivity index (χ4v) is 6.88. The number of para-hydroxylation sites is 3. The first-order chi connectivity index (χ1) is 21.0. The van der Waals surface area contributed by atoms with Crippen LogP contribution >= 0.6 is 11.8 Å². The molecule has 6 nitrogen and oxygen atoms in total. The summed E-state index contributed by atoms with van der Waals surface area (Å²) in [5, 5.41) is 17.8. The van der Waals surface area contributed by atoms with Gasteiger partial charge in [-0.05, 0) is 35.8 Å². The maximum absolute atomic E-state index is 12.6. The zero-order chi connectivity index (χ0) is 29.6. The molecule has 1 aliphatic rings. The molecule has 2 atom stereocenters. The smallest absolute Gasteiger partial charge is 0.327 e. The lowest BCUT2D eigenvalue weighted by Gasteiger charge is -2.33. The number of carboxylic acids is 1. The average Bonchev–Trinajstić information content (AvgIpc) is 3.43. The van der Waals surface area contributed by atoms with Gasteiger partial charge in [0.15, 0.2) is 0 Å². The van der Waals surface area contributed by atoms with Gasteiger partial charge in [0.1, 0.15) is 17.2 Å². The molecule has 1 unspecified atom stereocenters. The van der Waals surface area contributed by atoms with Gasteiger partial charge in [-0.2, -0.15) is 11.8 Å². The Balaban J connectivity index is 1.23. The number of benzene rings is 4. The average molecular weight is 589 g/mol. The molecule has 5 aromatic rings. The molecular formula is C36H32N2O4S. The molecule has 0 bridgehead atoms. The number of carboxylic acid groups (broad SMARTS) is 1. The number of rotatable bonds is 11. The zero-order valence-electron chi connectivity index (χ0n) is 23.5. The van der Waals surface area contributed by atoms with Crippen LogP contribution in [0.5, 0.6) is 0 Å². The number of hydrogen-bond acceptors (Lipinski definition) is 5. The minimum Gasteiger partial charge on any atom is -0.480 e. The summed E-state index contributed by atoms with van der Waals surface area (Å²) >= 11 is 1.52. The van der Waals surface area contributed by atoms with E-state index >= 15 is 0 Å². The Kier molecular flexibility index (Phi) is 8.34. The van der Waals surface area contributed by atoms with Gasteiger partial charge in [-0.15, -0.1) is 0 Å². The summed E-state index contributed by atoms with van der Waals surface area (Å²) in [5.41, 5.74) is 5.42. The van der Waals surface area contributed by atoms with Crippen molar-refractivity contribution >= 4 is 56.8 Å². The number of carbonyl (C=O) groups excluding carboxylic acids is 1. The second kappa shape index (κ2) is 12.6. The maximum atomic E-state index is 12.6. The van der Waals surface area contributed by atoms with E-state index in [0.717, 1.165) is 50.7 Å². The topological polar surface area (TPSA) is 91.6 Å². The van der Waals surface area contributed by atoms with Crippen molar-refractivity contribution in [2.75, 3.05) is 23.4 Å². The largest absolute Gasteiger partial charge is 0.480 e. The Labute approximate surface area is 254 Å². The quantitative estimate of drug-likeness (QED) is 0.150. The number of hydrogen-bond donors (Lipinski definition) is 3. The van der Waals surface area contributed by atoms with Gasteiger partial charge in [-0.25, -0.2) is 4.79 Å². The zero-order valence-corrected chi connectivity index (χ0v) is 24.3. The van der Waals surface area contributed by atoms with Crippen molar-refractivity contribution < 1.29 is 19.1 Å². The van der Waals surface area contributed by atoms with E-state index in [1.807, 2.05) is 66.7 Å². The second-order valence-electron chi connectivity index (χ2n) is 10.7. The van der Waals surface area contributed by atoms with Crippen molar-refractivity contribution in [2.24, 2.45) is 0 Å². The molecule has 1 amide bonds. The molecule has 0 aliphatic heterocycles. The van der Waals surface area contributed by atoms with Crippen molar-refractivity contribution in [3.05, 3.63) is 132 Å². The monoisotopic (exact) mass is 588 g/mol. The fraction of sp³-hybridized carbons (Fsp3) is 0.167. The molecule has 1 heterocycles. The molecule has 7 heteroatoms. The Morgan fingerprint density at radius 2 is 1.60 bits per heavy atom. The van der Waals surface area contributed by atoms with Crippen molar-refractivity contribution in [2.45, 2.75) is 17.9 Å². The van der Waals surface area contributed by atoms with Gasteiger partial charge in [-0.3, -0.25) is 4.79 Å². The molecule has 1 aromatic heterocycles. The molecule has 0 fully saturated rings. The molecule has 1 aliphatic carbocycles. The Hall–Kier alpha value is -4.75. The lowest BCUT2D eigenvalue weighted by atomic mass is 9.74.